The number of hydrogen-bond acceptors (Lipinski definition) is 7. The predicted octanol–water partition coefficient (Wildman–Crippen LogP) is 7.58. The number of phenolic OH excluding ortho intramolecular Hbond substituents is 1. The van der Waals surface area contributed by atoms with Crippen molar-refractivity contribution in [3.05, 3.63) is 101 Å². The lowest BCUT2D eigenvalue weighted by Gasteiger charge is -2.34. The second-order valence-corrected chi connectivity index (χ2v) is 12.8. The number of hydrogen-bond donors (Lipinski definition) is 1. The summed E-state index contributed by atoms with van der Waals surface area (Å²) >= 11 is 0. The van der Waals surface area contributed by atoms with Crippen LogP contribution in [0, 0.1) is 0 Å². The fourth-order valence-electron chi connectivity index (χ4n) is 5.85. The van der Waals surface area contributed by atoms with Gasteiger partial charge in [0.15, 0.2) is 0 Å². The van der Waals surface area contributed by atoms with E-state index in [0.717, 1.165) is 27.5 Å². The van der Waals surface area contributed by atoms with Gasteiger partial charge >= 0.3 is 6.09 Å². The van der Waals surface area contributed by atoms with Gasteiger partial charge in [0.05, 0.1) is 27.3 Å². The molecule has 0 fully saturated rings. The van der Waals surface area contributed by atoms with Crippen molar-refractivity contribution in [3.8, 4) is 23.0 Å². The van der Waals surface area contributed by atoms with E-state index in [1.54, 1.807) is 36.2 Å². The topological polar surface area (TPSA) is 97.8 Å². The first-order valence-electron chi connectivity index (χ1n) is 16.1. The minimum atomic E-state index is -0.676. The number of likely N-dealkylation sites (N-methyl/N-ethyl adjacent to an activating group) is 1. The third-order valence-electron chi connectivity index (χ3n) is 8.29. The van der Waals surface area contributed by atoms with Gasteiger partial charge in [0.1, 0.15) is 35.2 Å². The molecule has 1 aliphatic rings. The Morgan fingerprint density at radius 1 is 0.896 bits per heavy atom. The van der Waals surface area contributed by atoms with Gasteiger partial charge < -0.3 is 33.9 Å². The fourth-order valence-corrected chi connectivity index (χ4v) is 5.85. The van der Waals surface area contributed by atoms with Crippen molar-refractivity contribution in [1.29, 1.82) is 0 Å². The maximum Gasteiger partial charge on any atom is 0.410 e. The number of carbonyl (C=O) groups excluding carboxylic acids is 2. The Labute approximate surface area is 282 Å². The Bertz CT molecular complexity index is 1800. The van der Waals surface area contributed by atoms with E-state index in [1.807, 2.05) is 94.4 Å². The number of nitrogens with zero attached hydrogens (tertiary/aromatic N) is 2. The standard InChI is InChI=1S/C39H44N2O7/c1-7-40(23-34-32-14-9-8-11-27(32)15-16-36(34)42)37(43)35-24-41(38(44)48-39(2,3)4)18-17-33(35)28-12-10-13-29(21-28)47-25-26-19-30(45-5)22-31(20-26)46-6/h8-16,19-22,42H,7,17-18,23-25H2,1-6H3. The largest absolute Gasteiger partial charge is 0.508 e. The summed E-state index contributed by atoms with van der Waals surface area (Å²) in [4.78, 5) is 31.0. The Morgan fingerprint density at radius 3 is 2.31 bits per heavy atom. The van der Waals surface area contributed by atoms with Gasteiger partial charge in [-0.05, 0) is 91.9 Å². The van der Waals surface area contributed by atoms with Crippen LogP contribution in [0.15, 0.2) is 84.4 Å². The van der Waals surface area contributed by atoms with Gasteiger partial charge in [-0.15, -0.1) is 0 Å². The minimum absolute atomic E-state index is 0.0930. The molecule has 4 aromatic rings. The molecule has 1 heterocycles. The Kier molecular flexibility index (Phi) is 10.5. The number of carbonyl (C=O) groups is 2. The molecule has 1 aliphatic heterocycles. The summed E-state index contributed by atoms with van der Waals surface area (Å²) in [5.74, 6) is 1.90. The highest BCUT2D eigenvalue weighted by Crippen LogP contribution is 2.34. The van der Waals surface area contributed by atoms with Gasteiger partial charge in [0.2, 0.25) is 0 Å². The Morgan fingerprint density at radius 2 is 1.62 bits per heavy atom. The summed E-state index contributed by atoms with van der Waals surface area (Å²) in [5, 5.41) is 12.7. The van der Waals surface area contributed by atoms with Crippen LogP contribution in [0.2, 0.25) is 0 Å². The molecule has 0 aromatic heterocycles. The van der Waals surface area contributed by atoms with E-state index in [1.165, 1.54) is 0 Å². The highest BCUT2D eigenvalue weighted by Gasteiger charge is 2.32. The molecule has 0 saturated carbocycles. The smallest absolute Gasteiger partial charge is 0.410 e. The molecule has 0 radical (unpaired) electrons. The lowest BCUT2D eigenvalue weighted by molar-refractivity contribution is -0.127. The van der Waals surface area contributed by atoms with Crippen molar-refractivity contribution in [2.24, 2.45) is 0 Å². The molecule has 0 aliphatic carbocycles. The van der Waals surface area contributed by atoms with Gasteiger partial charge in [0, 0.05) is 30.3 Å². The zero-order chi connectivity index (χ0) is 34.4. The first-order chi connectivity index (χ1) is 23.0. The summed E-state index contributed by atoms with van der Waals surface area (Å²) < 4.78 is 22.7. The molecule has 0 bridgehead atoms. The fraction of sp³-hybridized carbons (Fsp3) is 0.333. The lowest BCUT2D eigenvalue weighted by atomic mass is 9.92. The van der Waals surface area contributed by atoms with Crippen LogP contribution in [-0.2, 0) is 22.7 Å². The van der Waals surface area contributed by atoms with Crippen molar-refractivity contribution >= 4 is 28.3 Å². The van der Waals surface area contributed by atoms with Crippen LogP contribution in [0.3, 0.4) is 0 Å². The monoisotopic (exact) mass is 652 g/mol. The second-order valence-electron chi connectivity index (χ2n) is 12.8. The maximum atomic E-state index is 14.5. The van der Waals surface area contributed by atoms with Crippen molar-refractivity contribution < 1.29 is 33.6 Å². The molecule has 48 heavy (non-hydrogen) atoms. The van der Waals surface area contributed by atoms with Gasteiger partial charge in [-0.25, -0.2) is 4.79 Å². The van der Waals surface area contributed by atoms with E-state index in [2.05, 4.69) is 0 Å². The molecule has 1 N–H and O–H groups in total. The number of fused-ring (bicyclic) bond motifs is 1. The van der Waals surface area contributed by atoms with E-state index in [4.69, 9.17) is 18.9 Å². The zero-order valence-electron chi connectivity index (χ0n) is 28.5. The van der Waals surface area contributed by atoms with Crippen LogP contribution in [0.25, 0.3) is 16.3 Å². The molecular formula is C39H44N2O7. The maximum absolute atomic E-state index is 14.5. The first kappa shape index (κ1) is 34.2. The highest BCUT2D eigenvalue weighted by molar-refractivity contribution is 6.03. The lowest BCUT2D eigenvalue weighted by Crippen LogP contribution is -2.44. The summed E-state index contributed by atoms with van der Waals surface area (Å²) in [6.45, 7) is 8.77. The average Bonchev–Trinajstić information content (AvgIpc) is 3.09. The van der Waals surface area contributed by atoms with Crippen LogP contribution in [0.5, 0.6) is 23.0 Å². The molecule has 5 rings (SSSR count). The number of methoxy groups -OCH3 is 2. The number of ether oxygens (including phenoxy) is 4. The van der Waals surface area contributed by atoms with E-state index < -0.39 is 11.7 Å². The van der Waals surface area contributed by atoms with Gasteiger partial charge in [-0.2, -0.15) is 0 Å². The van der Waals surface area contributed by atoms with Crippen molar-refractivity contribution in [3.63, 3.8) is 0 Å². The zero-order valence-corrected chi connectivity index (χ0v) is 28.5. The minimum Gasteiger partial charge on any atom is -0.508 e. The van der Waals surface area contributed by atoms with Crippen LogP contribution < -0.4 is 14.2 Å². The molecular weight excluding hydrogens is 608 g/mol. The summed E-state index contributed by atoms with van der Waals surface area (Å²) in [6.07, 6.45) is -0.0131. The first-order valence-corrected chi connectivity index (χ1v) is 16.1. The van der Waals surface area contributed by atoms with Gasteiger partial charge in [0.25, 0.3) is 5.91 Å². The van der Waals surface area contributed by atoms with Gasteiger partial charge in [-0.1, -0.05) is 42.5 Å². The van der Waals surface area contributed by atoms with E-state index in [9.17, 15) is 14.7 Å². The van der Waals surface area contributed by atoms with Crippen LogP contribution in [0.1, 0.15) is 50.8 Å². The number of phenols is 1. The summed E-state index contributed by atoms with van der Waals surface area (Å²) in [6, 6.07) is 24.6. The number of aromatic hydroxyl groups is 1. The molecule has 9 heteroatoms. The third kappa shape index (κ3) is 8.02. The van der Waals surface area contributed by atoms with E-state index >= 15 is 0 Å². The third-order valence-corrected chi connectivity index (χ3v) is 8.29. The SMILES string of the molecule is CCN(Cc1c(O)ccc2ccccc12)C(=O)C1=C(c2cccc(OCc3cc(OC)cc(OC)c3)c2)CCN(C(=O)OC(C)(C)C)C1. The predicted molar refractivity (Wildman–Crippen MR) is 186 cm³/mol. The van der Waals surface area contributed by atoms with Crippen molar-refractivity contribution in [2.45, 2.75) is 52.9 Å². The van der Waals surface area contributed by atoms with Crippen LogP contribution in [0.4, 0.5) is 4.79 Å². The quantitative estimate of drug-likeness (QED) is 0.189. The highest BCUT2D eigenvalue weighted by atomic mass is 16.6. The molecule has 252 valence electrons. The van der Waals surface area contributed by atoms with Crippen molar-refractivity contribution in [2.75, 3.05) is 33.9 Å². The molecule has 0 spiro atoms. The number of benzene rings is 4. The number of amides is 2. The van der Waals surface area contributed by atoms with Crippen LogP contribution >= 0.6 is 0 Å². The Hall–Kier alpha value is -5.18. The van der Waals surface area contributed by atoms with Gasteiger partial charge in [-0.3, -0.25) is 4.79 Å². The number of rotatable bonds is 10. The second kappa shape index (κ2) is 14.7. The molecule has 2 amide bonds. The summed E-state index contributed by atoms with van der Waals surface area (Å²) in [5.41, 5.74) is 3.07. The summed E-state index contributed by atoms with van der Waals surface area (Å²) in [7, 11) is 3.21. The molecule has 9 nitrogen and oxygen atoms in total. The van der Waals surface area contributed by atoms with Crippen LogP contribution in [-0.4, -0.2) is 66.4 Å². The molecule has 0 unspecified atom stereocenters. The average molecular weight is 653 g/mol. The molecule has 4 aromatic carbocycles. The van der Waals surface area contributed by atoms with Crippen molar-refractivity contribution in [1.82, 2.24) is 9.80 Å². The molecule has 0 atom stereocenters. The normalized spacial score (nSPS) is 13.3. The Balaban J connectivity index is 1.48. The molecule has 0 saturated heterocycles. The van der Waals surface area contributed by atoms with E-state index in [-0.39, 0.29) is 31.4 Å². The van der Waals surface area contributed by atoms with E-state index in [0.29, 0.717) is 47.9 Å².